The van der Waals surface area contributed by atoms with Crippen molar-refractivity contribution in [2.24, 2.45) is 5.92 Å². The highest BCUT2D eigenvalue weighted by atomic mass is 16.5. The Kier molecular flexibility index (Phi) is 5.55. The molecule has 2 aromatic heterocycles. The van der Waals surface area contributed by atoms with E-state index in [0.717, 1.165) is 5.69 Å². The summed E-state index contributed by atoms with van der Waals surface area (Å²) >= 11 is 0. The van der Waals surface area contributed by atoms with Crippen LogP contribution in [0.3, 0.4) is 0 Å². The van der Waals surface area contributed by atoms with Gasteiger partial charge in [-0.1, -0.05) is 13.8 Å². The number of hydrogen-bond donors (Lipinski definition) is 1. The highest BCUT2D eigenvalue weighted by Crippen LogP contribution is 2.15. The van der Waals surface area contributed by atoms with E-state index in [0.29, 0.717) is 17.0 Å². The standard InChI is InChI=1S/C17H22N6O3/c1-10(2)17(5,8-18)22-14(24)7-26-15(25)6-13-11(3)21-16-19-9-20-23(16)12(13)4/h9-10H,6-7H2,1-5H3,(H,22,24)/t17-/m1/s1. The van der Waals surface area contributed by atoms with Crippen molar-refractivity contribution in [2.75, 3.05) is 6.61 Å². The van der Waals surface area contributed by atoms with Gasteiger partial charge in [-0.05, 0) is 26.7 Å². The molecule has 2 aromatic rings. The molecular weight excluding hydrogens is 336 g/mol. The van der Waals surface area contributed by atoms with Crippen LogP contribution < -0.4 is 5.32 Å². The van der Waals surface area contributed by atoms with Crippen molar-refractivity contribution in [3.63, 3.8) is 0 Å². The van der Waals surface area contributed by atoms with E-state index < -0.39 is 24.0 Å². The lowest BCUT2D eigenvalue weighted by molar-refractivity contribution is -0.148. The summed E-state index contributed by atoms with van der Waals surface area (Å²) in [5.41, 5.74) is 1.06. The Labute approximate surface area is 151 Å². The monoisotopic (exact) mass is 358 g/mol. The third-order valence-corrected chi connectivity index (χ3v) is 4.46. The van der Waals surface area contributed by atoms with Crippen molar-refractivity contribution in [1.82, 2.24) is 24.9 Å². The molecule has 1 N–H and O–H groups in total. The first-order valence-electron chi connectivity index (χ1n) is 8.21. The molecule has 0 aliphatic rings. The highest BCUT2D eigenvalue weighted by Gasteiger charge is 2.30. The maximum atomic E-state index is 12.1. The summed E-state index contributed by atoms with van der Waals surface area (Å²) < 4.78 is 6.59. The molecule has 0 aliphatic heterocycles. The van der Waals surface area contributed by atoms with Gasteiger partial charge in [-0.15, -0.1) is 0 Å². The molecule has 0 aromatic carbocycles. The van der Waals surface area contributed by atoms with Crippen molar-refractivity contribution >= 4 is 17.7 Å². The van der Waals surface area contributed by atoms with Gasteiger partial charge in [0.05, 0.1) is 12.5 Å². The van der Waals surface area contributed by atoms with Gasteiger partial charge in [0.15, 0.2) is 6.61 Å². The van der Waals surface area contributed by atoms with Crippen LogP contribution in [0, 0.1) is 31.1 Å². The summed E-state index contributed by atoms with van der Waals surface area (Å²) in [6.07, 6.45) is 1.36. The van der Waals surface area contributed by atoms with E-state index in [9.17, 15) is 14.9 Å². The fourth-order valence-corrected chi connectivity index (χ4v) is 2.38. The van der Waals surface area contributed by atoms with Crippen molar-refractivity contribution in [3.05, 3.63) is 23.3 Å². The number of aromatic nitrogens is 4. The van der Waals surface area contributed by atoms with Crippen molar-refractivity contribution in [3.8, 4) is 6.07 Å². The summed E-state index contributed by atoms with van der Waals surface area (Å²) in [7, 11) is 0. The zero-order valence-electron chi connectivity index (χ0n) is 15.5. The van der Waals surface area contributed by atoms with Crippen LogP contribution in [0.1, 0.15) is 37.7 Å². The number of esters is 1. The first kappa shape index (κ1) is 19.3. The number of rotatable bonds is 6. The van der Waals surface area contributed by atoms with Crippen molar-refractivity contribution < 1.29 is 14.3 Å². The molecule has 1 amide bonds. The molecule has 0 radical (unpaired) electrons. The zero-order chi connectivity index (χ0) is 19.5. The number of fused-ring (bicyclic) bond motifs is 1. The Bertz CT molecular complexity index is 882. The minimum atomic E-state index is -1.02. The van der Waals surface area contributed by atoms with Gasteiger partial charge in [0, 0.05) is 17.0 Å². The van der Waals surface area contributed by atoms with Crippen LogP contribution in [0.4, 0.5) is 0 Å². The second-order valence-electron chi connectivity index (χ2n) is 6.59. The quantitative estimate of drug-likeness (QED) is 0.761. The van der Waals surface area contributed by atoms with Crippen LogP contribution in [0.2, 0.25) is 0 Å². The fourth-order valence-electron chi connectivity index (χ4n) is 2.38. The summed E-state index contributed by atoms with van der Waals surface area (Å²) in [4.78, 5) is 32.4. The molecule has 0 bridgehead atoms. The van der Waals surface area contributed by atoms with E-state index >= 15 is 0 Å². The lowest BCUT2D eigenvalue weighted by Gasteiger charge is -2.27. The second kappa shape index (κ2) is 7.47. The average molecular weight is 358 g/mol. The fraction of sp³-hybridized carbons (Fsp3) is 0.529. The van der Waals surface area contributed by atoms with Gasteiger partial charge in [0.2, 0.25) is 0 Å². The van der Waals surface area contributed by atoms with Crippen molar-refractivity contribution in [2.45, 2.75) is 46.6 Å². The number of carbonyl (C=O) groups excluding carboxylic acids is 2. The number of carbonyl (C=O) groups is 2. The molecule has 26 heavy (non-hydrogen) atoms. The molecular formula is C17H22N6O3. The zero-order valence-corrected chi connectivity index (χ0v) is 15.5. The number of amides is 1. The molecule has 138 valence electrons. The van der Waals surface area contributed by atoms with Gasteiger partial charge in [-0.25, -0.2) is 9.50 Å². The Morgan fingerprint density at radius 3 is 2.73 bits per heavy atom. The Morgan fingerprint density at radius 1 is 1.42 bits per heavy atom. The van der Waals surface area contributed by atoms with Crippen LogP contribution >= 0.6 is 0 Å². The molecule has 0 unspecified atom stereocenters. The highest BCUT2D eigenvalue weighted by molar-refractivity contribution is 5.82. The van der Waals surface area contributed by atoms with Crippen LogP contribution in [-0.4, -0.2) is 43.6 Å². The Morgan fingerprint density at radius 2 is 2.12 bits per heavy atom. The van der Waals surface area contributed by atoms with E-state index in [1.807, 2.05) is 20.8 Å². The number of nitrogens with one attached hydrogen (secondary N) is 1. The normalized spacial score (nSPS) is 13.3. The molecule has 0 spiro atoms. The number of nitriles is 1. The third kappa shape index (κ3) is 3.96. The van der Waals surface area contributed by atoms with E-state index in [1.165, 1.54) is 6.33 Å². The minimum Gasteiger partial charge on any atom is -0.455 e. The lowest BCUT2D eigenvalue weighted by Crippen LogP contribution is -2.50. The molecule has 0 saturated heterocycles. The third-order valence-electron chi connectivity index (χ3n) is 4.46. The van der Waals surface area contributed by atoms with E-state index in [-0.39, 0.29) is 12.3 Å². The van der Waals surface area contributed by atoms with Gasteiger partial charge in [0.1, 0.15) is 11.9 Å². The minimum absolute atomic E-state index is 0.0343. The predicted molar refractivity (Wildman–Crippen MR) is 91.9 cm³/mol. The predicted octanol–water partition coefficient (Wildman–Crippen LogP) is 0.881. The van der Waals surface area contributed by atoms with Gasteiger partial charge in [0.25, 0.3) is 11.7 Å². The number of nitrogens with zero attached hydrogens (tertiary/aromatic N) is 5. The molecule has 2 heterocycles. The smallest absolute Gasteiger partial charge is 0.310 e. The topological polar surface area (TPSA) is 122 Å². The maximum Gasteiger partial charge on any atom is 0.310 e. The van der Waals surface area contributed by atoms with E-state index in [4.69, 9.17) is 4.74 Å². The first-order chi connectivity index (χ1) is 12.2. The number of hydrogen-bond acceptors (Lipinski definition) is 7. The summed E-state index contributed by atoms with van der Waals surface area (Å²) in [6.45, 7) is 8.43. The van der Waals surface area contributed by atoms with Crippen LogP contribution in [0.5, 0.6) is 0 Å². The molecule has 0 saturated carbocycles. The summed E-state index contributed by atoms with van der Waals surface area (Å²) in [5.74, 6) is -0.705. The molecule has 9 nitrogen and oxygen atoms in total. The van der Waals surface area contributed by atoms with Gasteiger partial charge >= 0.3 is 5.97 Å². The van der Waals surface area contributed by atoms with Gasteiger partial charge in [-0.2, -0.15) is 15.3 Å². The van der Waals surface area contributed by atoms with Crippen LogP contribution in [0.25, 0.3) is 5.78 Å². The van der Waals surface area contributed by atoms with Gasteiger partial charge < -0.3 is 10.1 Å². The molecule has 0 fully saturated rings. The van der Waals surface area contributed by atoms with Gasteiger partial charge in [-0.3, -0.25) is 9.59 Å². The first-order valence-corrected chi connectivity index (χ1v) is 8.21. The van der Waals surface area contributed by atoms with Crippen molar-refractivity contribution in [1.29, 1.82) is 5.26 Å². The Hall–Kier alpha value is -3.02. The van der Waals surface area contributed by atoms with E-state index in [1.54, 1.807) is 18.4 Å². The summed E-state index contributed by atoms with van der Waals surface area (Å²) in [6, 6.07) is 2.07. The number of aryl methyl sites for hydroxylation is 2. The lowest BCUT2D eigenvalue weighted by atomic mass is 9.90. The molecule has 2 rings (SSSR count). The maximum absolute atomic E-state index is 12.1. The van der Waals surface area contributed by atoms with Crippen LogP contribution in [-0.2, 0) is 20.7 Å². The Balaban J connectivity index is 2.00. The SMILES string of the molecule is Cc1nc2ncnn2c(C)c1CC(=O)OCC(=O)N[C@](C)(C#N)C(C)C. The molecule has 9 heteroatoms. The summed E-state index contributed by atoms with van der Waals surface area (Å²) in [5, 5.41) is 15.9. The molecule has 1 atom stereocenters. The number of ether oxygens (including phenoxy) is 1. The van der Waals surface area contributed by atoms with Crippen LogP contribution in [0.15, 0.2) is 6.33 Å². The van der Waals surface area contributed by atoms with E-state index in [2.05, 4.69) is 26.5 Å². The second-order valence-corrected chi connectivity index (χ2v) is 6.59. The largest absolute Gasteiger partial charge is 0.455 e. The average Bonchev–Trinajstić information content (AvgIpc) is 3.04. The molecule has 0 aliphatic carbocycles.